The Balaban J connectivity index is 2.24. The predicted octanol–water partition coefficient (Wildman–Crippen LogP) is 3.31. The molecule has 2 aromatic heterocycles. The number of halogens is 3. The summed E-state index contributed by atoms with van der Waals surface area (Å²) in [5, 5.41) is 0.370. The van der Waals surface area contributed by atoms with Crippen molar-refractivity contribution in [1.29, 1.82) is 0 Å². The minimum Gasteiger partial charge on any atom is -0.305 e. The first kappa shape index (κ1) is 14.2. The second-order valence-corrected chi connectivity index (χ2v) is 4.81. The van der Waals surface area contributed by atoms with Gasteiger partial charge >= 0.3 is 6.18 Å². The predicted molar refractivity (Wildman–Crippen MR) is 75.3 cm³/mol. The Labute approximate surface area is 122 Å². The van der Waals surface area contributed by atoms with Gasteiger partial charge in [0.15, 0.2) is 5.82 Å². The van der Waals surface area contributed by atoms with Crippen molar-refractivity contribution in [1.82, 2.24) is 15.0 Å². The topological polar surface area (TPSA) is 58.6 Å². The lowest BCUT2D eigenvalue weighted by molar-refractivity contribution is -0.137. The zero-order valence-corrected chi connectivity index (χ0v) is 11.4. The number of pyridine rings is 1. The maximum Gasteiger partial charge on any atom is 0.416 e. The van der Waals surface area contributed by atoms with E-state index in [4.69, 9.17) is 0 Å². The quantitative estimate of drug-likeness (QED) is 0.750. The molecule has 0 spiro atoms. The lowest BCUT2D eigenvalue weighted by Gasteiger charge is -2.10. The molecule has 3 rings (SSSR count). The zero-order valence-electron chi connectivity index (χ0n) is 11.4. The van der Waals surface area contributed by atoms with Crippen molar-refractivity contribution in [3.63, 3.8) is 0 Å². The van der Waals surface area contributed by atoms with Crippen molar-refractivity contribution in [2.75, 3.05) is 0 Å². The van der Waals surface area contributed by atoms with Gasteiger partial charge in [-0.05, 0) is 31.2 Å². The van der Waals surface area contributed by atoms with Crippen molar-refractivity contribution in [3.8, 4) is 11.5 Å². The number of hydrogen-bond donors (Lipinski definition) is 1. The van der Waals surface area contributed by atoms with E-state index in [1.54, 1.807) is 24.3 Å². The van der Waals surface area contributed by atoms with Gasteiger partial charge in [0.25, 0.3) is 5.56 Å². The van der Waals surface area contributed by atoms with Crippen LogP contribution in [0.4, 0.5) is 13.2 Å². The van der Waals surface area contributed by atoms with Crippen LogP contribution in [0, 0.1) is 6.92 Å². The fourth-order valence-corrected chi connectivity index (χ4v) is 2.16. The summed E-state index contributed by atoms with van der Waals surface area (Å²) in [5.74, 6) is 0.0119. The zero-order chi connectivity index (χ0) is 15.9. The highest BCUT2D eigenvalue weighted by atomic mass is 19.4. The summed E-state index contributed by atoms with van der Waals surface area (Å²) in [4.78, 5) is 22.7. The third kappa shape index (κ3) is 2.57. The van der Waals surface area contributed by atoms with E-state index in [0.29, 0.717) is 10.9 Å². The van der Waals surface area contributed by atoms with Crippen LogP contribution < -0.4 is 5.56 Å². The number of nitrogens with zero attached hydrogens (tertiary/aromatic N) is 2. The second kappa shape index (κ2) is 4.94. The number of nitrogens with one attached hydrogen (secondary N) is 1. The minimum atomic E-state index is -4.49. The number of H-pyrrole nitrogens is 1. The average Bonchev–Trinajstić information content (AvgIpc) is 2.45. The monoisotopic (exact) mass is 305 g/mol. The molecule has 0 aliphatic rings. The minimum absolute atomic E-state index is 0.0119. The van der Waals surface area contributed by atoms with E-state index in [9.17, 15) is 18.0 Å². The lowest BCUT2D eigenvalue weighted by atomic mass is 10.1. The summed E-state index contributed by atoms with van der Waals surface area (Å²) >= 11 is 0. The maximum atomic E-state index is 12.9. The molecule has 112 valence electrons. The highest BCUT2D eigenvalue weighted by Crippen LogP contribution is 2.31. The molecule has 0 saturated carbocycles. The Morgan fingerprint density at radius 2 is 1.82 bits per heavy atom. The Hall–Kier alpha value is -2.70. The van der Waals surface area contributed by atoms with Crippen molar-refractivity contribution >= 4 is 10.9 Å². The van der Waals surface area contributed by atoms with Gasteiger partial charge in [-0.15, -0.1) is 0 Å². The van der Waals surface area contributed by atoms with Gasteiger partial charge in [-0.25, -0.2) is 9.97 Å². The van der Waals surface area contributed by atoms with Gasteiger partial charge in [-0.3, -0.25) is 4.79 Å². The third-order valence-corrected chi connectivity index (χ3v) is 3.14. The van der Waals surface area contributed by atoms with E-state index in [0.717, 1.165) is 12.1 Å². The molecule has 1 aromatic carbocycles. The average molecular weight is 305 g/mol. The van der Waals surface area contributed by atoms with Crippen molar-refractivity contribution in [2.24, 2.45) is 0 Å². The van der Waals surface area contributed by atoms with Crippen LogP contribution in [0.25, 0.3) is 22.4 Å². The summed E-state index contributed by atoms with van der Waals surface area (Å²) in [6.07, 6.45) is -4.49. The van der Waals surface area contributed by atoms with Gasteiger partial charge in [0.05, 0.1) is 16.5 Å². The standard InChI is InChI=1S/C15H10F3N3O/c1-8-6-9(15(16,17)18)7-12(19-8)13-20-11-5-3-2-4-10(11)14(22)21-13/h2-7H,1H3,(H,20,21,22). The SMILES string of the molecule is Cc1cc(C(F)(F)F)cc(-c2nc3ccccc3c(=O)[nH]2)n1. The molecule has 0 fully saturated rings. The normalized spacial score (nSPS) is 11.8. The fraction of sp³-hybridized carbons (Fsp3) is 0.133. The molecule has 0 unspecified atom stereocenters. The van der Waals surface area contributed by atoms with Crippen LogP contribution in [0.2, 0.25) is 0 Å². The van der Waals surface area contributed by atoms with Crippen LogP contribution in [-0.2, 0) is 6.18 Å². The van der Waals surface area contributed by atoms with Gasteiger partial charge in [-0.1, -0.05) is 12.1 Å². The number of rotatable bonds is 1. The number of aryl methyl sites for hydroxylation is 1. The van der Waals surface area contributed by atoms with E-state index < -0.39 is 17.3 Å². The highest BCUT2D eigenvalue weighted by molar-refractivity contribution is 5.78. The number of alkyl halides is 3. The first-order valence-corrected chi connectivity index (χ1v) is 6.40. The lowest BCUT2D eigenvalue weighted by Crippen LogP contribution is -2.11. The van der Waals surface area contributed by atoms with Crippen LogP contribution in [0.3, 0.4) is 0 Å². The Morgan fingerprint density at radius 1 is 1.09 bits per heavy atom. The van der Waals surface area contributed by atoms with Gasteiger partial charge < -0.3 is 4.98 Å². The number of hydrogen-bond acceptors (Lipinski definition) is 3. The number of aromatic amines is 1. The first-order valence-electron chi connectivity index (χ1n) is 6.40. The largest absolute Gasteiger partial charge is 0.416 e. The summed E-state index contributed by atoms with van der Waals surface area (Å²) in [7, 11) is 0. The summed E-state index contributed by atoms with van der Waals surface area (Å²) in [6, 6.07) is 8.42. The number of fused-ring (bicyclic) bond motifs is 1. The van der Waals surface area contributed by atoms with E-state index in [1.807, 2.05) is 0 Å². The van der Waals surface area contributed by atoms with Crippen molar-refractivity contribution in [2.45, 2.75) is 13.1 Å². The molecule has 4 nitrogen and oxygen atoms in total. The molecule has 0 saturated heterocycles. The highest BCUT2D eigenvalue weighted by Gasteiger charge is 2.31. The molecule has 3 aromatic rings. The smallest absolute Gasteiger partial charge is 0.305 e. The molecule has 0 bridgehead atoms. The fourth-order valence-electron chi connectivity index (χ4n) is 2.16. The van der Waals surface area contributed by atoms with Crippen LogP contribution in [0.5, 0.6) is 0 Å². The second-order valence-electron chi connectivity index (χ2n) is 4.81. The van der Waals surface area contributed by atoms with E-state index in [1.165, 1.54) is 6.92 Å². The molecule has 7 heteroatoms. The molecule has 22 heavy (non-hydrogen) atoms. The Morgan fingerprint density at radius 3 is 2.55 bits per heavy atom. The van der Waals surface area contributed by atoms with E-state index in [2.05, 4.69) is 15.0 Å². The molecule has 0 amide bonds. The number of para-hydroxylation sites is 1. The molecule has 1 N–H and O–H groups in total. The Kier molecular flexibility index (Phi) is 3.20. The van der Waals surface area contributed by atoms with Crippen LogP contribution in [0.1, 0.15) is 11.3 Å². The van der Waals surface area contributed by atoms with Crippen molar-refractivity contribution < 1.29 is 13.2 Å². The van der Waals surface area contributed by atoms with Gasteiger partial charge in [0.1, 0.15) is 5.69 Å². The summed E-state index contributed by atoms with van der Waals surface area (Å²) in [5.41, 5.74) is -0.669. The van der Waals surface area contributed by atoms with Gasteiger partial charge in [-0.2, -0.15) is 13.2 Å². The number of benzene rings is 1. The van der Waals surface area contributed by atoms with Gasteiger partial charge in [0.2, 0.25) is 0 Å². The van der Waals surface area contributed by atoms with Crippen LogP contribution in [-0.4, -0.2) is 15.0 Å². The molecule has 0 aliphatic carbocycles. The molecular weight excluding hydrogens is 295 g/mol. The molecule has 2 heterocycles. The molecule has 0 aliphatic heterocycles. The molecular formula is C15H10F3N3O. The van der Waals surface area contributed by atoms with Crippen LogP contribution >= 0.6 is 0 Å². The van der Waals surface area contributed by atoms with E-state index in [-0.39, 0.29) is 17.2 Å². The summed E-state index contributed by atoms with van der Waals surface area (Å²) < 4.78 is 38.6. The Bertz CT molecular complexity index is 916. The molecule has 0 radical (unpaired) electrons. The molecule has 0 atom stereocenters. The number of aromatic nitrogens is 3. The third-order valence-electron chi connectivity index (χ3n) is 3.14. The van der Waals surface area contributed by atoms with Crippen molar-refractivity contribution in [3.05, 3.63) is 58.0 Å². The van der Waals surface area contributed by atoms with Gasteiger partial charge in [0, 0.05) is 5.69 Å². The first-order chi connectivity index (χ1) is 10.3. The van der Waals surface area contributed by atoms with Crippen LogP contribution in [0.15, 0.2) is 41.2 Å². The maximum absolute atomic E-state index is 12.9. The van der Waals surface area contributed by atoms with E-state index >= 15 is 0 Å². The summed E-state index contributed by atoms with van der Waals surface area (Å²) in [6.45, 7) is 1.46.